The molecule has 0 aliphatic rings. The molecule has 0 aliphatic heterocycles. The zero-order valence-electron chi connectivity index (χ0n) is 12.4. The Kier molecular flexibility index (Phi) is 5.20. The maximum Gasteiger partial charge on any atom is 0.337 e. The van der Waals surface area contributed by atoms with Gasteiger partial charge < -0.3 is 4.74 Å². The van der Waals surface area contributed by atoms with Gasteiger partial charge in [-0.3, -0.25) is 15.6 Å². The average molecular weight is 360 g/mol. The fourth-order valence-corrected chi connectivity index (χ4v) is 1.78. The van der Waals surface area contributed by atoms with Crippen LogP contribution in [0.3, 0.4) is 0 Å². The number of anilines is 1. The molecule has 2 aromatic carbocycles. The van der Waals surface area contributed by atoms with Gasteiger partial charge in [0, 0.05) is 5.56 Å². The largest absolute Gasteiger partial charge is 0.465 e. The van der Waals surface area contributed by atoms with Crippen molar-refractivity contribution in [3.05, 3.63) is 64.5 Å². The standard InChI is InChI=1S/C15H9F5N2O3/c1-25-15(24)7-4-2-6(3-5-7)14(23)22-21-13-11(19)9(17)8(16)10(18)12(13)20/h2-5,21H,1H3,(H,22,23). The van der Waals surface area contributed by atoms with Crippen molar-refractivity contribution in [3.63, 3.8) is 0 Å². The zero-order valence-corrected chi connectivity index (χ0v) is 12.4. The number of methoxy groups -OCH3 is 1. The number of esters is 1. The maximum atomic E-state index is 13.5. The van der Waals surface area contributed by atoms with Gasteiger partial charge in [-0.1, -0.05) is 0 Å². The summed E-state index contributed by atoms with van der Waals surface area (Å²) in [5, 5.41) is 0. The van der Waals surface area contributed by atoms with Crippen LogP contribution in [0.15, 0.2) is 24.3 Å². The summed E-state index contributed by atoms with van der Waals surface area (Å²) >= 11 is 0. The van der Waals surface area contributed by atoms with Gasteiger partial charge in [0.05, 0.1) is 12.7 Å². The molecule has 10 heteroatoms. The molecular weight excluding hydrogens is 351 g/mol. The van der Waals surface area contributed by atoms with E-state index in [9.17, 15) is 31.5 Å². The highest BCUT2D eigenvalue weighted by Gasteiger charge is 2.26. The lowest BCUT2D eigenvalue weighted by Crippen LogP contribution is -2.31. The van der Waals surface area contributed by atoms with Crippen molar-refractivity contribution in [1.29, 1.82) is 0 Å². The van der Waals surface area contributed by atoms with E-state index in [1.165, 1.54) is 24.3 Å². The number of hydrazine groups is 1. The molecule has 0 unspecified atom stereocenters. The Labute approximate surface area is 137 Å². The van der Waals surface area contributed by atoms with Crippen LogP contribution in [-0.4, -0.2) is 19.0 Å². The lowest BCUT2D eigenvalue weighted by molar-refractivity contribution is 0.0600. The highest BCUT2D eigenvalue weighted by Crippen LogP contribution is 2.26. The Bertz CT molecular complexity index is 811. The maximum absolute atomic E-state index is 13.5. The molecule has 25 heavy (non-hydrogen) atoms. The third kappa shape index (κ3) is 3.52. The Morgan fingerprint density at radius 3 is 1.72 bits per heavy atom. The van der Waals surface area contributed by atoms with Crippen LogP contribution in [0.4, 0.5) is 27.6 Å². The van der Waals surface area contributed by atoms with Crippen LogP contribution in [0.2, 0.25) is 0 Å². The van der Waals surface area contributed by atoms with E-state index in [1.807, 2.05) is 0 Å². The molecule has 0 atom stereocenters. The first-order valence-electron chi connectivity index (χ1n) is 6.54. The van der Waals surface area contributed by atoms with Crippen molar-refractivity contribution in [2.24, 2.45) is 0 Å². The zero-order chi connectivity index (χ0) is 18.7. The molecule has 0 aliphatic carbocycles. The molecule has 1 amide bonds. The van der Waals surface area contributed by atoms with Gasteiger partial charge in [0.1, 0.15) is 5.69 Å². The second kappa shape index (κ2) is 7.16. The number of halogens is 5. The number of carbonyl (C=O) groups excluding carboxylic acids is 2. The van der Waals surface area contributed by atoms with Crippen LogP contribution in [0.25, 0.3) is 0 Å². The highest BCUT2D eigenvalue weighted by molar-refractivity contribution is 5.96. The summed E-state index contributed by atoms with van der Waals surface area (Å²) in [6.45, 7) is 0. The van der Waals surface area contributed by atoms with Gasteiger partial charge in [-0.15, -0.1) is 0 Å². The van der Waals surface area contributed by atoms with Gasteiger partial charge in [0.2, 0.25) is 5.82 Å². The number of hydrogen-bond acceptors (Lipinski definition) is 4. The van der Waals surface area contributed by atoms with E-state index in [-0.39, 0.29) is 11.1 Å². The lowest BCUT2D eigenvalue weighted by atomic mass is 10.1. The van der Waals surface area contributed by atoms with E-state index >= 15 is 0 Å². The fourth-order valence-electron chi connectivity index (χ4n) is 1.78. The van der Waals surface area contributed by atoms with E-state index < -0.39 is 46.6 Å². The minimum Gasteiger partial charge on any atom is -0.465 e. The molecule has 132 valence electrons. The van der Waals surface area contributed by atoms with Gasteiger partial charge >= 0.3 is 5.97 Å². The summed E-state index contributed by atoms with van der Waals surface area (Å²) < 4.78 is 70.4. The number of benzene rings is 2. The number of nitrogens with one attached hydrogen (secondary N) is 2. The summed E-state index contributed by atoms with van der Waals surface area (Å²) in [7, 11) is 1.16. The molecule has 0 heterocycles. The predicted octanol–water partition coefficient (Wildman–Crippen LogP) is 2.93. The average Bonchev–Trinajstić information content (AvgIpc) is 2.64. The molecule has 0 fully saturated rings. The van der Waals surface area contributed by atoms with Crippen molar-refractivity contribution in [1.82, 2.24) is 5.43 Å². The van der Waals surface area contributed by atoms with Crippen molar-refractivity contribution in [2.45, 2.75) is 0 Å². The number of ether oxygens (including phenoxy) is 1. The number of carbonyl (C=O) groups is 2. The molecule has 2 rings (SSSR count). The molecule has 2 aromatic rings. The minimum absolute atomic E-state index is 0.0518. The van der Waals surface area contributed by atoms with Crippen LogP contribution < -0.4 is 10.9 Å². The number of rotatable bonds is 4. The van der Waals surface area contributed by atoms with E-state index in [4.69, 9.17) is 0 Å². The van der Waals surface area contributed by atoms with Crippen molar-refractivity contribution in [2.75, 3.05) is 12.5 Å². The Hall–Kier alpha value is -3.17. The van der Waals surface area contributed by atoms with E-state index in [0.29, 0.717) is 0 Å². The van der Waals surface area contributed by atoms with E-state index in [0.717, 1.165) is 7.11 Å². The normalized spacial score (nSPS) is 10.3. The molecule has 0 saturated heterocycles. The Morgan fingerprint density at radius 1 is 0.800 bits per heavy atom. The first-order chi connectivity index (χ1) is 11.8. The first kappa shape index (κ1) is 18.2. The van der Waals surface area contributed by atoms with Gasteiger partial charge in [-0.05, 0) is 24.3 Å². The lowest BCUT2D eigenvalue weighted by Gasteiger charge is -2.12. The van der Waals surface area contributed by atoms with Crippen LogP contribution in [0.1, 0.15) is 20.7 Å². The minimum atomic E-state index is -2.31. The summed E-state index contributed by atoms with van der Waals surface area (Å²) in [5.74, 6) is -12.5. The Morgan fingerprint density at radius 2 is 1.24 bits per heavy atom. The van der Waals surface area contributed by atoms with Crippen molar-refractivity contribution < 1.29 is 36.3 Å². The Balaban J connectivity index is 2.17. The van der Waals surface area contributed by atoms with Gasteiger partial charge in [-0.2, -0.15) is 0 Å². The quantitative estimate of drug-likeness (QED) is 0.289. The molecule has 0 spiro atoms. The summed E-state index contributed by atoms with van der Waals surface area (Å²) in [4.78, 5) is 23.1. The third-order valence-electron chi connectivity index (χ3n) is 3.08. The monoisotopic (exact) mass is 360 g/mol. The summed E-state index contributed by atoms with van der Waals surface area (Å²) in [5.41, 5.74) is 2.13. The fraction of sp³-hybridized carbons (Fsp3) is 0.0667. The molecule has 2 N–H and O–H groups in total. The molecular formula is C15H9F5N2O3. The second-order valence-corrected chi connectivity index (χ2v) is 4.59. The van der Waals surface area contributed by atoms with Crippen LogP contribution in [0.5, 0.6) is 0 Å². The van der Waals surface area contributed by atoms with Crippen LogP contribution in [0, 0.1) is 29.1 Å². The van der Waals surface area contributed by atoms with Crippen molar-refractivity contribution in [3.8, 4) is 0 Å². The summed E-state index contributed by atoms with van der Waals surface area (Å²) in [6, 6.07) is 4.89. The predicted molar refractivity (Wildman–Crippen MR) is 75.1 cm³/mol. The smallest absolute Gasteiger partial charge is 0.337 e. The molecule has 0 bridgehead atoms. The highest BCUT2D eigenvalue weighted by atomic mass is 19.2. The van der Waals surface area contributed by atoms with Gasteiger partial charge in [0.15, 0.2) is 23.3 Å². The molecule has 0 saturated carbocycles. The first-order valence-corrected chi connectivity index (χ1v) is 6.54. The number of hydrogen-bond donors (Lipinski definition) is 2. The van der Waals surface area contributed by atoms with Gasteiger partial charge in [0.25, 0.3) is 5.91 Å². The van der Waals surface area contributed by atoms with Gasteiger partial charge in [-0.25, -0.2) is 26.7 Å². The molecule has 0 aromatic heterocycles. The third-order valence-corrected chi connectivity index (χ3v) is 3.08. The van der Waals surface area contributed by atoms with Crippen LogP contribution >= 0.6 is 0 Å². The molecule has 0 radical (unpaired) electrons. The van der Waals surface area contributed by atoms with E-state index in [2.05, 4.69) is 4.74 Å². The molecule has 5 nitrogen and oxygen atoms in total. The number of amides is 1. The van der Waals surface area contributed by atoms with Crippen LogP contribution in [-0.2, 0) is 4.74 Å². The van der Waals surface area contributed by atoms with E-state index in [1.54, 1.807) is 10.9 Å². The van der Waals surface area contributed by atoms with Crippen molar-refractivity contribution >= 4 is 17.6 Å². The second-order valence-electron chi connectivity index (χ2n) is 4.59. The topological polar surface area (TPSA) is 67.4 Å². The SMILES string of the molecule is COC(=O)c1ccc(C(=O)NNc2c(F)c(F)c(F)c(F)c2F)cc1. The summed E-state index contributed by atoms with van der Waals surface area (Å²) in [6.07, 6.45) is 0.